The minimum Gasteiger partial charge on any atom is -0.463 e. The highest BCUT2D eigenvalue weighted by Crippen LogP contribution is 2.19. The molecule has 0 saturated heterocycles. The molecule has 0 radical (unpaired) electrons. The Bertz CT molecular complexity index is 425. The smallest absolute Gasteiger partial charge is 0.334 e. The van der Waals surface area contributed by atoms with Gasteiger partial charge in [-0.25, -0.2) is 13.6 Å². The molecule has 0 fully saturated rings. The van der Waals surface area contributed by atoms with Gasteiger partial charge in [0.15, 0.2) is 0 Å². The summed E-state index contributed by atoms with van der Waals surface area (Å²) >= 11 is 0. The van der Waals surface area contributed by atoms with E-state index in [4.69, 9.17) is 4.74 Å². The fourth-order valence-electron chi connectivity index (χ4n) is 1.52. The van der Waals surface area contributed by atoms with E-state index in [1.54, 1.807) is 31.2 Å². The summed E-state index contributed by atoms with van der Waals surface area (Å²) < 4.78 is 30.2. The topological polar surface area (TPSA) is 26.3 Å². The van der Waals surface area contributed by atoms with Crippen LogP contribution in [-0.4, -0.2) is 19.0 Å². The zero-order valence-electron chi connectivity index (χ0n) is 10.5. The molecular formula is C14H16F2O2. The summed E-state index contributed by atoms with van der Waals surface area (Å²) in [4.78, 5) is 11.7. The Hall–Kier alpha value is -1.71. The molecule has 1 rings (SSSR count). The van der Waals surface area contributed by atoms with Crippen LogP contribution in [0.3, 0.4) is 0 Å². The van der Waals surface area contributed by atoms with Gasteiger partial charge in [0, 0.05) is 17.6 Å². The van der Waals surface area contributed by atoms with Gasteiger partial charge in [0.1, 0.15) is 0 Å². The highest BCUT2D eigenvalue weighted by Gasteiger charge is 2.19. The Morgan fingerprint density at radius 3 is 2.39 bits per heavy atom. The number of ether oxygens (including phenoxy) is 1. The van der Waals surface area contributed by atoms with Gasteiger partial charge < -0.3 is 4.74 Å². The second-order valence-corrected chi connectivity index (χ2v) is 3.85. The molecule has 0 heterocycles. The predicted octanol–water partition coefficient (Wildman–Crippen LogP) is 3.37. The first kappa shape index (κ1) is 14.4. The minimum absolute atomic E-state index is 0.0399. The molecule has 0 saturated carbocycles. The molecule has 4 heteroatoms. The Morgan fingerprint density at radius 2 is 1.89 bits per heavy atom. The molecule has 18 heavy (non-hydrogen) atoms. The number of carbonyl (C=O) groups excluding carboxylic acids is 1. The zero-order chi connectivity index (χ0) is 13.5. The van der Waals surface area contributed by atoms with Crippen LogP contribution in [0, 0.1) is 0 Å². The van der Waals surface area contributed by atoms with Crippen LogP contribution >= 0.6 is 0 Å². The third kappa shape index (κ3) is 3.95. The summed E-state index contributed by atoms with van der Waals surface area (Å²) in [6.07, 6.45) is -2.48. The average molecular weight is 254 g/mol. The lowest BCUT2D eigenvalue weighted by molar-refractivity contribution is -0.138. The number of esters is 1. The molecule has 2 nitrogen and oxygen atoms in total. The van der Waals surface area contributed by atoms with Gasteiger partial charge in [-0.2, -0.15) is 0 Å². The van der Waals surface area contributed by atoms with E-state index in [1.165, 1.54) is 6.92 Å². The summed E-state index contributed by atoms with van der Waals surface area (Å²) in [5, 5.41) is 0. The van der Waals surface area contributed by atoms with E-state index in [1.807, 2.05) is 6.07 Å². The third-order valence-corrected chi connectivity index (χ3v) is 2.55. The van der Waals surface area contributed by atoms with Crippen LogP contribution in [0.25, 0.3) is 0 Å². The molecule has 0 spiro atoms. The Labute approximate surface area is 105 Å². The van der Waals surface area contributed by atoms with Gasteiger partial charge in [-0.1, -0.05) is 30.3 Å². The molecule has 0 atom stereocenters. The summed E-state index contributed by atoms with van der Waals surface area (Å²) in [6.45, 7) is 3.09. The standard InChI is InChI=1S/C14H16F2O2/c1-3-18-14(17)12(10(2)13(15)16)9-11-7-5-4-6-8-11/h4-8,13H,3,9H2,1-2H3/b12-10-. The number of carbonyl (C=O) groups is 1. The van der Waals surface area contributed by atoms with Crippen LogP contribution in [-0.2, 0) is 16.0 Å². The first-order chi connectivity index (χ1) is 8.56. The second-order valence-electron chi connectivity index (χ2n) is 3.85. The van der Waals surface area contributed by atoms with E-state index in [2.05, 4.69) is 0 Å². The van der Waals surface area contributed by atoms with Crippen LogP contribution in [0.4, 0.5) is 8.78 Å². The van der Waals surface area contributed by atoms with Crippen LogP contribution in [0.15, 0.2) is 41.5 Å². The highest BCUT2D eigenvalue weighted by molar-refractivity contribution is 5.90. The lowest BCUT2D eigenvalue weighted by atomic mass is 10.0. The normalized spacial score (nSPS) is 12.3. The highest BCUT2D eigenvalue weighted by atomic mass is 19.3. The number of halogens is 2. The van der Waals surface area contributed by atoms with Crippen molar-refractivity contribution in [2.75, 3.05) is 6.61 Å². The number of alkyl halides is 2. The number of rotatable bonds is 5. The summed E-state index contributed by atoms with van der Waals surface area (Å²) in [5.74, 6) is -0.667. The van der Waals surface area contributed by atoms with Crippen molar-refractivity contribution in [1.82, 2.24) is 0 Å². The van der Waals surface area contributed by atoms with Crippen LogP contribution in [0.5, 0.6) is 0 Å². The minimum atomic E-state index is -2.65. The van der Waals surface area contributed by atoms with Crippen molar-refractivity contribution in [2.45, 2.75) is 26.7 Å². The maximum absolute atomic E-state index is 12.7. The first-order valence-corrected chi connectivity index (χ1v) is 5.75. The van der Waals surface area contributed by atoms with E-state index in [-0.39, 0.29) is 24.2 Å². The second kappa shape index (κ2) is 6.89. The molecule has 1 aromatic carbocycles. The first-order valence-electron chi connectivity index (χ1n) is 5.75. The molecule has 0 N–H and O–H groups in total. The van der Waals surface area contributed by atoms with Crippen LogP contribution in [0.1, 0.15) is 19.4 Å². The lowest BCUT2D eigenvalue weighted by Crippen LogP contribution is -2.14. The van der Waals surface area contributed by atoms with Crippen molar-refractivity contribution in [3.8, 4) is 0 Å². The van der Waals surface area contributed by atoms with Crippen LogP contribution < -0.4 is 0 Å². The fourth-order valence-corrected chi connectivity index (χ4v) is 1.52. The third-order valence-electron chi connectivity index (χ3n) is 2.55. The largest absolute Gasteiger partial charge is 0.463 e. The molecular weight excluding hydrogens is 238 g/mol. The molecule has 98 valence electrons. The van der Waals surface area contributed by atoms with Gasteiger partial charge in [0.05, 0.1) is 6.61 Å². The average Bonchev–Trinajstić information content (AvgIpc) is 2.36. The van der Waals surface area contributed by atoms with Crippen molar-refractivity contribution in [3.63, 3.8) is 0 Å². The Kier molecular flexibility index (Phi) is 5.49. The SMILES string of the molecule is CCOC(=O)/C(Cc1ccccc1)=C(/C)C(F)F. The number of benzene rings is 1. The molecule has 0 aromatic heterocycles. The number of allylic oxidation sites excluding steroid dienone is 1. The summed E-state index contributed by atoms with van der Waals surface area (Å²) in [6, 6.07) is 9.01. The van der Waals surface area contributed by atoms with E-state index < -0.39 is 12.4 Å². The van der Waals surface area contributed by atoms with Crippen molar-refractivity contribution in [1.29, 1.82) is 0 Å². The maximum Gasteiger partial charge on any atom is 0.334 e. The lowest BCUT2D eigenvalue weighted by Gasteiger charge is -2.11. The van der Waals surface area contributed by atoms with Gasteiger partial charge in [-0.15, -0.1) is 0 Å². The fraction of sp³-hybridized carbons (Fsp3) is 0.357. The van der Waals surface area contributed by atoms with Crippen molar-refractivity contribution in [3.05, 3.63) is 47.0 Å². The quantitative estimate of drug-likeness (QED) is 0.595. The molecule has 0 unspecified atom stereocenters. The van der Waals surface area contributed by atoms with E-state index in [0.29, 0.717) is 0 Å². The Balaban J connectivity index is 2.99. The molecule has 0 amide bonds. The number of hydrogen-bond donors (Lipinski definition) is 0. The maximum atomic E-state index is 12.7. The van der Waals surface area contributed by atoms with E-state index in [0.717, 1.165) is 5.56 Å². The number of hydrogen-bond acceptors (Lipinski definition) is 2. The van der Waals surface area contributed by atoms with Gasteiger partial charge in [0.2, 0.25) is 0 Å². The van der Waals surface area contributed by atoms with Crippen molar-refractivity contribution in [2.24, 2.45) is 0 Å². The van der Waals surface area contributed by atoms with Crippen LogP contribution in [0.2, 0.25) is 0 Å². The van der Waals surface area contributed by atoms with Gasteiger partial charge in [0.25, 0.3) is 6.43 Å². The Morgan fingerprint density at radius 1 is 1.28 bits per heavy atom. The van der Waals surface area contributed by atoms with Crippen molar-refractivity contribution < 1.29 is 18.3 Å². The molecule has 0 aliphatic heterocycles. The van der Waals surface area contributed by atoms with Crippen molar-refractivity contribution >= 4 is 5.97 Å². The van der Waals surface area contributed by atoms with E-state index in [9.17, 15) is 13.6 Å². The van der Waals surface area contributed by atoms with Gasteiger partial charge >= 0.3 is 5.97 Å². The molecule has 0 aliphatic rings. The zero-order valence-corrected chi connectivity index (χ0v) is 10.5. The predicted molar refractivity (Wildman–Crippen MR) is 65.5 cm³/mol. The van der Waals surface area contributed by atoms with Gasteiger partial charge in [-0.05, 0) is 19.4 Å². The molecule has 1 aromatic rings. The van der Waals surface area contributed by atoms with E-state index >= 15 is 0 Å². The molecule has 0 aliphatic carbocycles. The summed E-state index contributed by atoms with van der Waals surface area (Å²) in [5.41, 5.74) is 0.621. The van der Waals surface area contributed by atoms with Gasteiger partial charge in [-0.3, -0.25) is 0 Å². The summed E-state index contributed by atoms with van der Waals surface area (Å²) in [7, 11) is 0. The molecule has 0 bridgehead atoms. The monoisotopic (exact) mass is 254 g/mol.